The van der Waals surface area contributed by atoms with Crippen LogP contribution in [0.3, 0.4) is 0 Å². The zero-order valence-corrected chi connectivity index (χ0v) is 10.8. The van der Waals surface area contributed by atoms with Gasteiger partial charge in [-0.25, -0.2) is 4.79 Å². The fourth-order valence-corrected chi connectivity index (χ4v) is 1.83. The maximum Gasteiger partial charge on any atom is 0.334 e. The maximum absolute atomic E-state index is 11.7. The Morgan fingerprint density at radius 1 is 1.42 bits per heavy atom. The Morgan fingerprint density at radius 2 is 2.21 bits per heavy atom. The normalized spacial score (nSPS) is 13.8. The number of hydrogen-bond donors (Lipinski definition) is 0. The lowest BCUT2D eigenvalue weighted by molar-refractivity contribution is -0.139. The molecule has 1 aliphatic rings. The van der Waals surface area contributed by atoms with Crippen molar-refractivity contribution < 1.29 is 23.8 Å². The molecule has 1 aromatic rings. The number of hydrogen-bond acceptors (Lipinski definition) is 5. The first-order chi connectivity index (χ1) is 9.15. The Hall–Kier alpha value is -2.30. The minimum atomic E-state index is -0.536. The highest BCUT2D eigenvalue weighted by atomic mass is 16.6. The molecule has 0 radical (unpaired) electrons. The van der Waals surface area contributed by atoms with Gasteiger partial charge in [0.05, 0.1) is 20.1 Å². The topological polar surface area (TPSA) is 61.8 Å². The fourth-order valence-electron chi connectivity index (χ4n) is 1.83. The quantitative estimate of drug-likeness (QED) is 0.615. The molecule has 0 aliphatic carbocycles. The second-order valence-electron chi connectivity index (χ2n) is 3.92. The van der Waals surface area contributed by atoms with E-state index < -0.39 is 11.9 Å². The van der Waals surface area contributed by atoms with Crippen LogP contribution in [-0.2, 0) is 14.3 Å². The van der Waals surface area contributed by atoms with Crippen molar-refractivity contribution >= 4 is 18.0 Å². The van der Waals surface area contributed by atoms with Gasteiger partial charge in [-0.15, -0.1) is 0 Å². The van der Waals surface area contributed by atoms with Crippen molar-refractivity contribution in [2.75, 3.05) is 13.7 Å². The molecule has 5 heteroatoms. The molecule has 0 spiro atoms. The van der Waals surface area contributed by atoms with Crippen LogP contribution in [0, 0.1) is 0 Å². The van der Waals surface area contributed by atoms with Crippen LogP contribution in [0.15, 0.2) is 23.8 Å². The third kappa shape index (κ3) is 2.76. The van der Waals surface area contributed by atoms with Crippen molar-refractivity contribution in [3.05, 3.63) is 29.3 Å². The molecule has 1 heterocycles. The van der Waals surface area contributed by atoms with Crippen molar-refractivity contribution in [2.45, 2.75) is 13.3 Å². The lowest BCUT2D eigenvalue weighted by Gasteiger charge is -2.10. The lowest BCUT2D eigenvalue weighted by atomic mass is 10.1. The molecule has 2 rings (SSSR count). The summed E-state index contributed by atoms with van der Waals surface area (Å²) in [4.78, 5) is 23.3. The first-order valence-electron chi connectivity index (χ1n) is 5.91. The second kappa shape index (κ2) is 5.56. The maximum atomic E-state index is 11.7. The molecule has 0 amide bonds. The van der Waals surface area contributed by atoms with E-state index >= 15 is 0 Å². The molecular weight excluding hydrogens is 248 g/mol. The summed E-state index contributed by atoms with van der Waals surface area (Å²) < 4.78 is 15.3. The molecule has 0 fully saturated rings. The van der Waals surface area contributed by atoms with Gasteiger partial charge in [-0.1, -0.05) is 12.1 Å². The van der Waals surface area contributed by atoms with E-state index in [1.165, 1.54) is 7.11 Å². The van der Waals surface area contributed by atoms with Gasteiger partial charge in [-0.3, -0.25) is 4.79 Å². The van der Waals surface area contributed by atoms with Crippen LogP contribution >= 0.6 is 0 Å². The van der Waals surface area contributed by atoms with Crippen molar-refractivity contribution in [1.82, 2.24) is 0 Å². The highest BCUT2D eigenvalue weighted by Gasteiger charge is 2.23. The lowest BCUT2D eigenvalue weighted by Crippen LogP contribution is -2.12. The summed E-state index contributed by atoms with van der Waals surface area (Å²) in [6.07, 6.45) is 1.47. The molecule has 19 heavy (non-hydrogen) atoms. The molecule has 1 aromatic carbocycles. The van der Waals surface area contributed by atoms with Crippen LogP contribution in [0.1, 0.15) is 18.9 Å². The average molecular weight is 262 g/mol. The van der Waals surface area contributed by atoms with Gasteiger partial charge in [-0.2, -0.15) is 0 Å². The van der Waals surface area contributed by atoms with Gasteiger partial charge >= 0.3 is 11.9 Å². The number of esters is 2. The van der Waals surface area contributed by atoms with Crippen LogP contribution in [0.2, 0.25) is 0 Å². The Balaban J connectivity index is 2.49. The van der Waals surface area contributed by atoms with Crippen LogP contribution in [0.25, 0.3) is 6.08 Å². The largest absolute Gasteiger partial charge is 0.490 e. The van der Waals surface area contributed by atoms with Crippen molar-refractivity contribution in [3.8, 4) is 11.5 Å². The number of fused-ring (bicyclic) bond motifs is 1. The Kier molecular flexibility index (Phi) is 3.85. The molecule has 0 saturated carbocycles. The summed E-state index contributed by atoms with van der Waals surface area (Å²) in [5, 5.41) is 0. The number of benzene rings is 1. The Morgan fingerprint density at radius 3 is 2.89 bits per heavy atom. The monoisotopic (exact) mass is 262 g/mol. The van der Waals surface area contributed by atoms with E-state index in [1.807, 2.05) is 6.92 Å². The van der Waals surface area contributed by atoms with Crippen LogP contribution < -0.4 is 9.47 Å². The summed E-state index contributed by atoms with van der Waals surface area (Å²) in [5.41, 5.74) is 0.886. The zero-order valence-electron chi connectivity index (χ0n) is 10.8. The van der Waals surface area contributed by atoms with Crippen LogP contribution in [-0.4, -0.2) is 25.7 Å². The van der Waals surface area contributed by atoms with Gasteiger partial charge in [0.25, 0.3) is 0 Å². The van der Waals surface area contributed by atoms with Gasteiger partial charge in [0.15, 0.2) is 11.5 Å². The number of carbonyl (C=O) groups excluding carboxylic acids is 2. The van der Waals surface area contributed by atoms with E-state index in [2.05, 4.69) is 4.74 Å². The van der Waals surface area contributed by atoms with Gasteiger partial charge in [0.2, 0.25) is 0 Å². The van der Waals surface area contributed by atoms with Gasteiger partial charge in [0.1, 0.15) is 0 Å². The van der Waals surface area contributed by atoms with Crippen LogP contribution in [0.4, 0.5) is 0 Å². The molecule has 0 bridgehead atoms. The molecule has 0 saturated heterocycles. The highest BCUT2D eigenvalue weighted by molar-refractivity contribution is 6.00. The summed E-state index contributed by atoms with van der Waals surface area (Å²) in [6.45, 7) is 2.30. The smallest absolute Gasteiger partial charge is 0.334 e. The van der Waals surface area contributed by atoms with Gasteiger partial charge in [-0.05, 0) is 19.1 Å². The molecule has 0 atom stereocenters. The zero-order chi connectivity index (χ0) is 13.8. The third-order valence-corrected chi connectivity index (χ3v) is 2.64. The van der Waals surface area contributed by atoms with E-state index in [-0.39, 0.29) is 12.0 Å². The first-order valence-corrected chi connectivity index (χ1v) is 5.91. The molecular formula is C14H14O5. The summed E-state index contributed by atoms with van der Waals surface area (Å²) in [6, 6.07) is 5.24. The Bertz CT molecular complexity index is 545. The van der Waals surface area contributed by atoms with Crippen molar-refractivity contribution in [1.29, 1.82) is 0 Å². The minimum Gasteiger partial charge on any atom is -0.490 e. The standard InChI is InChI=1S/C14H14O5/c1-3-18-11-6-4-5-9-7-10(14(16)17-2)8-12(15)19-13(9)11/h4-7H,3,8H2,1-2H3. The van der Waals surface area contributed by atoms with Crippen LogP contribution in [0.5, 0.6) is 11.5 Å². The second-order valence-corrected chi connectivity index (χ2v) is 3.92. The number of carbonyl (C=O) groups is 2. The van der Waals surface area contributed by atoms with E-state index in [9.17, 15) is 9.59 Å². The van der Waals surface area contributed by atoms with Gasteiger partial charge in [0, 0.05) is 11.1 Å². The fraction of sp³-hybridized carbons (Fsp3) is 0.286. The summed E-state index contributed by atoms with van der Waals surface area (Å²) >= 11 is 0. The minimum absolute atomic E-state index is 0.118. The van der Waals surface area contributed by atoms with Gasteiger partial charge < -0.3 is 14.2 Å². The predicted octanol–water partition coefficient (Wildman–Crippen LogP) is 1.95. The first kappa shape index (κ1) is 13.1. The molecule has 0 N–H and O–H groups in total. The third-order valence-electron chi connectivity index (χ3n) is 2.64. The summed E-state index contributed by atoms with van der Waals surface area (Å²) in [5.74, 6) is -0.224. The SMILES string of the molecule is CCOc1cccc2c1OC(=O)CC(C(=O)OC)=C2. The molecule has 100 valence electrons. The van der Waals surface area contributed by atoms with Crippen molar-refractivity contribution in [3.63, 3.8) is 0 Å². The van der Waals surface area contributed by atoms with E-state index in [0.29, 0.717) is 23.7 Å². The van der Waals surface area contributed by atoms with Crippen molar-refractivity contribution in [2.24, 2.45) is 0 Å². The number of rotatable bonds is 3. The van der Waals surface area contributed by atoms with E-state index in [1.54, 1.807) is 24.3 Å². The number of methoxy groups -OCH3 is 1. The van der Waals surface area contributed by atoms with E-state index in [4.69, 9.17) is 9.47 Å². The molecule has 1 aliphatic heterocycles. The average Bonchev–Trinajstić information content (AvgIpc) is 2.57. The molecule has 0 aromatic heterocycles. The number of ether oxygens (including phenoxy) is 3. The molecule has 0 unspecified atom stereocenters. The number of para-hydroxylation sites is 1. The predicted molar refractivity (Wildman–Crippen MR) is 67.9 cm³/mol. The Labute approximate surface area is 110 Å². The molecule has 5 nitrogen and oxygen atoms in total. The van der Waals surface area contributed by atoms with E-state index in [0.717, 1.165) is 0 Å². The summed E-state index contributed by atoms with van der Waals surface area (Å²) in [7, 11) is 1.27. The highest BCUT2D eigenvalue weighted by Crippen LogP contribution is 2.35.